The molecule has 0 radical (unpaired) electrons. The van der Waals surface area contributed by atoms with Crippen LogP contribution >= 0.6 is 0 Å². The SMILES string of the molecule is CC12CCC(=O)C3C(CC1)C3O2. The quantitative estimate of drug-likeness (QED) is 0.545. The highest BCUT2D eigenvalue weighted by molar-refractivity contribution is 5.85. The van der Waals surface area contributed by atoms with Gasteiger partial charge >= 0.3 is 0 Å². The third-order valence-electron chi connectivity index (χ3n) is 3.80. The molecule has 1 saturated carbocycles. The highest BCUT2D eigenvalue weighted by Gasteiger charge is 2.61. The van der Waals surface area contributed by atoms with E-state index in [1.54, 1.807) is 0 Å². The molecule has 2 bridgehead atoms. The lowest BCUT2D eigenvalue weighted by Gasteiger charge is -2.32. The zero-order valence-electron chi connectivity index (χ0n) is 7.38. The van der Waals surface area contributed by atoms with E-state index in [0.717, 1.165) is 19.3 Å². The van der Waals surface area contributed by atoms with E-state index in [9.17, 15) is 4.79 Å². The molecule has 0 aromatic heterocycles. The molecule has 0 amide bonds. The standard InChI is InChI=1S/C10H14O2/c1-10-4-2-6-8(9(6)12-10)7(11)3-5-10/h6,8-9H,2-5H2,1H3. The van der Waals surface area contributed by atoms with E-state index in [-0.39, 0.29) is 5.60 Å². The molecule has 12 heavy (non-hydrogen) atoms. The van der Waals surface area contributed by atoms with Crippen molar-refractivity contribution in [1.29, 1.82) is 0 Å². The van der Waals surface area contributed by atoms with Crippen molar-refractivity contribution in [1.82, 2.24) is 0 Å². The molecular weight excluding hydrogens is 152 g/mol. The van der Waals surface area contributed by atoms with Crippen molar-refractivity contribution in [2.75, 3.05) is 0 Å². The Balaban J connectivity index is 1.94. The molecular formula is C10H14O2. The third-order valence-corrected chi connectivity index (χ3v) is 3.80. The Kier molecular flexibility index (Phi) is 1.13. The topological polar surface area (TPSA) is 26.3 Å². The molecule has 3 fully saturated rings. The molecule has 4 unspecified atom stereocenters. The van der Waals surface area contributed by atoms with Crippen LogP contribution in [-0.2, 0) is 9.53 Å². The molecule has 2 heteroatoms. The van der Waals surface area contributed by atoms with Gasteiger partial charge in [0, 0.05) is 12.3 Å². The molecule has 3 rings (SSSR count). The monoisotopic (exact) mass is 166 g/mol. The Bertz CT molecular complexity index is 248. The van der Waals surface area contributed by atoms with Gasteiger partial charge in [-0.1, -0.05) is 0 Å². The summed E-state index contributed by atoms with van der Waals surface area (Å²) in [6.45, 7) is 2.16. The van der Waals surface area contributed by atoms with Crippen molar-refractivity contribution < 1.29 is 9.53 Å². The minimum Gasteiger partial charge on any atom is -0.371 e. The van der Waals surface area contributed by atoms with Gasteiger partial charge in [-0.15, -0.1) is 0 Å². The Morgan fingerprint density at radius 1 is 1.50 bits per heavy atom. The van der Waals surface area contributed by atoms with Crippen molar-refractivity contribution in [3.8, 4) is 0 Å². The molecule has 2 heterocycles. The molecule has 2 saturated heterocycles. The van der Waals surface area contributed by atoms with E-state index in [1.807, 2.05) is 0 Å². The largest absolute Gasteiger partial charge is 0.371 e. The average Bonchev–Trinajstić information content (AvgIpc) is 2.72. The lowest BCUT2D eigenvalue weighted by molar-refractivity contribution is -0.121. The number of ether oxygens (including phenoxy) is 1. The van der Waals surface area contributed by atoms with Crippen molar-refractivity contribution >= 4 is 5.78 Å². The first-order valence-corrected chi connectivity index (χ1v) is 4.90. The number of fused-ring (bicyclic) bond motifs is 2. The van der Waals surface area contributed by atoms with Crippen molar-refractivity contribution in [2.24, 2.45) is 11.8 Å². The van der Waals surface area contributed by atoms with Gasteiger partial charge in [0.1, 0.15) is 5.78 Å². The van der Waals surface area contributed by atoms with E-state index in [2.05, 4.69) is 6.92 Å². The summed E-state index contributed by atoms with van der Waals surface area (Å²) in [6, 6.07) is 0. The van der Waals surface area contributed by atoms with Gasteiger partial charge < -0.3 is 4.74 Å². The normalized spacial score (nSPS) is 56.4. The van der Waals surface area contributed by atoms with Gasteiger partial charge in [0.05, 0.1) is 11.7 Å². The fourth-order valence-electron chi connectivity index (χ4n) is 2.87. The van der Waals surface area contributed by atoms with Gasteiger partial charge in [0.15, 0.2) is 0 Å². The summed E-state index contributed by atoms with van der Waals surface area (Å²) in [6.07, 6.45) is 4.41. The van der Waals surface area contributed by atoms with Crippen LogP contribution < -0.4 is 0 Å². The van der Waals surface area contributed by atoms with Gasteiger partial charge in [0.25, 0.3) is 0 Å². The first kappa shape index (κ1) is 7.07. The number of hydrogen-bond donors (Lipinski definition) is 0. The molecule has 66 valence electrons. The first-order valence-electron chi connectivity index (χ1n) is 4.90. The van der Waals surface area contributed by atoms with Gasteiger partial charge in [-0.05, 0) is 32.1 Å². The fourth-order valence-corrected chi connectivity index (χ4v) is 2.87. The lowest BCUT2D eigenvalue weighted by atomic mass is 9.87. The van der Waals surface area contributed by atoms with Crippen LogP contribution in [0.15, 0.2) is 0 Å². The molecule has 1 aliphatic carbocycles. The predicted octanol–water partition coefficient (Wildman–Crippen LogP) is 1.53. The molecule has 0 N–H and O–H groups in total. The number of carbonyl (C=O) groups is 1. The van der Waals surface area contributed by atoms with Crippen LogP contribution in [0.4, 0.5) is 0 Å². The highest BCUT2D eigenvalue weighted by Crippen LogP contribution is 2.56. The molecule has 0 spiro atoms. The van der Waals surface area contributed by atoms with Gasteiger partial charge in [-0.2, -0.15) is 0 Å². The maximum absolute atomic E-state index is 11.5. The maximum Gasteiger partial charge on any atom is 0.139 e. The zero-order chi connectivity index (χ0) is 8.34. The Hall–Kier alpha value is -0.370. The molecule has 3 aliphatic rings. The van der Waals surface area contributed by atoms with Crippen molar-refractivity contribution in [3.05, 3.63) is 0 Å². The first-order chi connectivity index (χ1) is 5.70. The van der Waals surface area contributed by atoms with Crippen LogP contribution in [0, 0.1) is 11.8 Å². The third kappa shape index (κ3) is 0.764. The lowest BCUT2D eigenvalue weighted by Crippen LogP contribution is -2.33. The summed E-state index contributed by atoms with van der Waals surface area (Å²) >= 11 is 0. The predicted molar refractivity (Wildman–Crippen MR) is 43.7 cm³/mol. The van der Waals surface area contributed by atoms with Crippen LogP contribution in [0.3, 0.4) is 0 Å². The smallest absolute Gasteiger partial charge is 0.139 e. The van der Waals surface area contributed by atoms with E-state index in [4.69, 9.17) is 4.74 Å². The van der Waals surface area contributed by atoms with Crippen molar-refractivity contribution in [2.45, 2.75) is 44.3 Å². The fraction of sp³-hybridized carbons (Fsp3) is 0.900. The van der Waals surface area contributed by atoms with Gasteiger partial charge in [0.2, 0.25) is 0 Å². The number of Topliss-reactive ketones (excluding diaryl/α,β-unsaturated/α-hetero) is 1. The second-order valence-electron chi connectivity index (χ2n) is 4.73. The second-order valence-corrected chi connectivity index (χ2v) is 4.73. The summed E-state index contributed by atoms with van der Waals surface area (Å²) in [5, 5.41) is 0. The van der Waals surface area contributed by atoms with Crippen LogP contribution in [0.5, 0.6) is 0 Å². The van der Waals surface area contributed by atoms with E-state index in [1.165, 1.54) is 6.42 Å². The number of ketones is 1. The number of carbonyl (C=O) groups excluding carboxylic acids is 1. The molecule has 0 aromatic rings. The van der Waals surface area contributed by atoms with E-state index in [0.29, 0.717) is 23.7 Å². The van der Waals surface area contributed by atoms with E-state index >= 15 is 0 Å². The summed E-state index contributed by atoms with van der Waals surface area (Å²) < 4.78 is 5.92. The zero-order valence-corrected chi connectivity index (χ0v) is 7.38. The van der Waals surface area contributed by atoms with Crippen LogP contribution in [0.1, 0.15) is 32.6 Å². The Morgan fingerprint density at radius 3 is 3.17 bits per heavy atom. The van der Waals surface area contributed by atoms with Crippen molar-refractivity contribution in [3.63, 3.8) is 0 Å². The van der Waals surface area contributed by atoms with Gasteiger partial charge in [-0.3, -0.25) is 4.79 Å². The molecule has 4 atom stereocenters. The van der Waals surface area contributed by atoms with Crippen LogP contribution in [0.25, 0.3) is 0 Å². The minimum atomic E-state index is 0.0437. The second kappa shape index (κ2) is 1.92. The summed E-state index contributed by atoms with van der Waals surface area (Å²) in [7, 11) is 0. The summed E-state index contributed by atoms with van der Waals surface area (Å²) in [5.41, 5.74) is 0.0437. The maximum atomic E-state index is 11.5. The Labute approximate surface area is 72.3 Å². The highest BCUT2D eigenvalue weighted by atomic mass is 16.5. The van der Waals surface area contributed by atoms with Crippen LogP contribution in [-0.4, -0.2) is 17.5 Å². The van der Waals surface area contributed by atoms with Crippen LogP contribution in [0.2, 0.25) is 0 Å². The minimum absolute atomic E-state index is 0.0437. The summed E-state index contributed by atoms with van der Waals surface area (Å²) in [5.74, 6) is 1.37. The van der Waals surface area contributed by atoms with E-state index < -0.39 is 0 Å². The number of hydrogen-bond acceptors (Lipinski definition) is 2. The summed E-state index contributed by atoms with van der Waals surface area (Å²) in [4.78, 5) is 11.5. The Morgan fingerprint density at radius 2 is 2.33 bits per heavy atom. The average molecular weight is 166 g/mol. The number of rotatable bonds is 0. The van der Waals surface area contributed by atoms with Gasteiger partial charge in [-0.25, -0.2) is 0 Å². The molecule has 2 nitrogen and oxygen atoms in total. The molecule has 0 aromatic carbocycles. The molecule has 2 aliphatic heterocycles.